The molecule has 2 heterocycles. The fourth-order valence-corrected chi connectivity index (χ4v) is 5.97. The first kappa shape index (κ1) is 34.7. The number of aryl methyl sites for hydroxylation is 1. The van der Waals surface area contributed by atoms with Crippen molar-refractivity contribution >= 4 is 23.4 Å². The monoisotopic (exact) mass is 657 g/mol. The van der Waals surface area contributed by atoms with E-state index in [9.17, 15) is 23.1 Å². The molecule has 10 heteroatoms. The van der Waals surface area contributed by atoms with Crippen molar-refractivity contribution in [3.8, 4) is 5.75 Å². The van der Waals surface area contributed by atoms with Crippen molar-refractivity contribution in [3.63, 3.8) is 0 Å². The fourth-order valence-electron chi connectivity index (χ4n) is 5.97. The van der Waals surface area contributed by atoms with Gasteiger partial charge in [-0.1, -0.05) is 30.3 Å². The number of piperidine rings is 1. The van der Waals surface area contributed by atoms with Gasteiger partial charge in [-0.2, -0.15) is 13.2 Å². The van der Waals surface area contributed by atoms with Crippen LogP contribution in [0.2, 0.25) is 0 Å². The van der Waals surface area contributed by atoms with E-state index in [1.165, 1.54) is 18.2 Å². The van der Waals surface area contributed by atoms with Gasteiger partial charge in [-0.25, -0.2) is 0 Å². The number of nitrogens with zero attached hydrogens (tertiary/aromatic N) is 4. The van der Waals surface area contributed by atoms with Crippen molar-refractivity contribution in [1.29, 1.82) is 0 Å². The maximum absolute atomic E-state index is 13.7. The van der Waals surface area contributed by atoms with Gasteiger partial charge in [0.25, 0.3) is 0 Å². The molecule has 0 unspecified atom stereocenters. The number of aromatic hydroxyl groups is 1. The van der Waals surface area contributed by atoms with Gasteiger partial charge in [0.1, 0.15) is 5.75 Å². The minimum Gasteiger partial charge on any atom is -0.508 e. The average Bonchev–Trinajstić information content (AvgIpc) is 3.05. The summed E-state index contributed by atoms with van der Waals surface area (Å²) in [4.78, 5) is 24.2. The minimum atomic E-state index is -4.41. The third kappa shape index (κ3) is 9.68. The molecule has 252 valence electrons. The number of aromatic nitrogens is 1. The largest absolute Gasteiger partial charge is 0.508 e. The van der Waals surface area contributed by atoms with E-state index < -0.39 is 11.7 Å². The van der Waals surface area contributed by atoms with Gasteiger partial charge < -0.3 is 20.2 Å². The number of hydrogen-bond acceptors (Lipinski definition) is 6. The first-order valence-corrected chi connectivity index (χ1v) is 16.1. The van der Waals surface area contributed by atoms with Crippen LogP contribution in [-0.2, 0) is 30.6 Å². The molecule has 2 N–H and O–H groups in total. The quantitative estimate of drug-likeness (QED) is 0.162. The number of pyridine rings is 1. The van der Waals surface area contributed by atoms with Crippen LogP contribution >= 0.6 is 0 Å². The molecule has 0 bridgehead atoms. The van der Waals surface area contributed by atoms with Crippen molar-refractivity contribution < 1.29 is 23.1 Å². The molecule has 0 spiro atoms. The van der Waals surface area contributed by atoms with Gasteiger partial charge in [0.15, 0.2) is 0 Å². The van der Waals surface area contributed by atoms with Crippen LogP contribution in [-0.4, -0.2) is 63.9 Å². The average molecular weight is 658 g/mol. The molecule has 0 saturated carbocycles. The number of likely N-dealkylation sites (tertiary alicyclic amines) is 1. The zero-order valence-corrected chi connectivity index (χ0v) is 27.5. The summed E-state index contributed by atoms with van der Waals surface area (Å²) in [6.45, 7) is 5.34. The number of phenols is 1. The van der Waals surface area contributed by atoms with E-state index in [1.807, 2.05) is 73.3 Å². The maximum atomic E-state index is 13.7. The van der Waals surface area contributed by atoms with Gasteiger partial charge in [0.2, 0.25) is 5.91 Å². The summed E-state index contributed by atoms with van der Waals surface area (Å²) in [6, 6.07) is 22.4. The molecule has 1 aliphatic rings. The second-order valence-electron chi connectivity index (χ2n) is 12.6. The lowest BCUT2D eigenvalue weighted by molar-refractivity contribution is -0.137. The van der Waals surface area contributed by atoms with E-state index >= 15 is 0 Å². The standard InChI is InChI=1S/C38H42F3N5O2/c1-27-22-34(16-19-42-27)43-33-12-6-29(7-13-33)25-46(37(48)15-9-28-4-10-32(11-5-28)38(39,40)41)35-17-20-45(21-18-35)24-30-8-14-36(47)31(23-30)26-44(2)3/h4-16,19,22-23,35,47H,17-18,20-21,24-26H2,1-3H3,(H,42,43)/b15-9+. The molecule has 4 aromatic rings. The summed E-state index contributed by atoms with van der Waals surface area (Å²) in [5.41, 5.74) is 5.57. The highest BCUT2D eigenvalue weighted by atomic mass is 19.4. The van der Waals surface area contributed by atoms with E-state index in [1.54, 1.807) is 18.3 Å². The number of halogens is 3. The topological polar surface area (TPSA) is 71.9 Å². The normalized spacial score (nSPS) is 14.5. The number of phenolic OH excluding ortho intramolecular Hbond substituents is 1. The van der Waals surface area contributed by atoms with Gasteiger partial charge >= 0.3 is 6.18 Å². The zero-order valence-electron chi connectivity index (χ0n) is 27.5. The molecule has 1 amide bonds. The zero-order chi connectivity index (χ0) is 34.3. The van der Waals surface area contributed by atoms with Gasteiger partial charge in [-0.05, 0) is 105 Å². The first-order chi connectivity index (χ1) is 22.9. The Morgan fingerprint density at radius 3 is 2.27 bits per heavy atom. The fraction of sp³-hybridized carbons (Fsp3) is 0.316. The predicted octanol–water partition coefficient (Wildman–Crippen LogP) is 7.63. The summed E-state index contributed by atoms with van der Waals surface area (Å²) >= 11 is 0. The van der Waals surface area contributed by atoms with Gasteiger partial charge in [0.05, 0.1) is 5.56 Å². The van der Waals surface area contributed by atoms with Crippen LogP contribution in [0.1, 0.15) is 46.4 Å². The van der Waals surface area contributed by atoms with E-state index in [4.69, 9.17) is 0 Å². The molecular formula is C38H42F3N5O2. The van der Waals surface area contributed by atoms with Gasteiger partial charge in [0, 0.05) is 73.7 Å². The lowest BCUT2D eigenvalue weighted by atomic mass is 10.0. The third-order valence-electron chi connectivity index (χ3n) is 8.47. The SMILES string of the molecule is Cc1cc(Nc2ccc(CN(C(=O)/C=C/c3ccc(C(F)(F)F)cc3)C3CCN(Cc4ccc(O)c(CN(C)C)c4)CC3)cc2)ccn1. The van der Waals surface area contributed by atoms with E-state index in [2.05, 4.69) is 21.3 Å². The summed E-state index contributed by atoms with van der Waals surface area (Å²) < 4.78 is 39.1. The van der Waals surface area contributed by atoms with Crippen LogP contribution in [0.15, 0.2) is 91.1 Å². The minimum absolute atomic E-state index is 0.00674. The molecule has 5 rings (SSSR count). The number of nitrogens with one attached hydrogen (secondary N) is 1. The van der Waals surface area contributed by atoms with Crippen molar-refractivity contribution in [2.24, 2.45) is 0 Å². The molecule has 48 heavy (non-hydrogen) atoms. The number of anilines is 2. The number of alkyl halides is 3. The third-order valence-corrected chi connectivity index (χ3v) is 8.47. The highest BCUT2D eigenvalue weighted by Crippen LogP contribution is 2.30. The van der Waals surface area contributed by atoms with Crippen molar-refractivity contribution in [2.75, 3.05) is 32.5 Å². The number of benzene rings is 3. The first-order valence-electron chi connectivity index (χ1n) is 16.1. The molecule has 0 atom stereocenters. The molecule has 0 aliphatic carbocycles. The van der Waals surface area contributed by atoms with Crippen molar-refractivity contribution in [2.45, 2.75) is 51.6 Å². The Hall–Kier alpha value is -4.67. The number of carbonyl (C=O) groups is 1. The Labute approximate surface area is 280 Å². The smallest absolute Gasteiger partial charge is 0.416 e. The van der Waals surface area contributed by atoms with Crippen LogP contribution < -0.4 is 5.32 Å². The second kappa shape index (κ2) is 15.5. The van der Waals surface area contributed by atoms with Crippen LogP contribution in [0, 0.1) is 6.92 Å². The Balaban J connectivity index is 1.28. The molecule has 0 radical (unpaired) electrons. The highest BCUT2D eigenvalue weighted by molar-refractivity contribution is 5.92. The Morgan fingerprint density at radius 1 is 0.938 bits per heavy atom. The molecule has 7 nitrogen and oxygen atoms in total. The van der Waals surface area contributed by atoms with Crippen LogP contribution in [0.3, 0.4) is 0 Å². The number of carbonyl (C=O) groups excluding carboxylic acids is 1. The van der Waals surface area contributed by atoms with Crippen LogP contribution in [0.25, 0.3) is 6.08 Å². The summed E-state index contributed by atoms with van der Waals surface area (Å²) in [5, 5.41) is 13.7. The van der Waals surface area contributed by atoms with Crippen LogP contribution in [0.4, 0.5) is 24.5 Å². The number of amides is 1. The molecule has 1 aromatic heterocycles. The molecular weight excluding hydrogens is 615 g/mol. The summed E-state index contributed by atoms with van der Waals surface area (Å²) in [5.74, 6) is 0.107. The predicted molar refractivity (Wildman–Crippen MR) is 184 cm³/mol. The van der Waals surface area contributed by atoms with Crippen molar-refractivity contribution in [3.05, 3.63) is 125 Å². The highest BCUT2D eigenvalue weighted by Gasteiger charge is 2.30. The van der Waals surface area contributed by atoms with E-state index in [0.717, 1.165) is 78.4 Å². The number of hydrogen-bond donors (Lipinski definition) is 2. The van der Waals surface area contributed by atoms with E-state index in [-0.39, 0.29) is 11.9 Å². The maximum Gasteiger partial charge on any atom is 0.416 e. The molecule has 1 aliphatic heterocycles. The summed E-state index contributed by atoms with van der Waals surface area (Å²) in [6.07, 6.45) is 1.94. The molecule has 1 saturated heterocycles. The lowest BCUT2D eigenvalue weighted by Crippen LogP contribution is -2.46. The van der Waals surface area contributed by atoms with Gasteiger partial charge in [-0.15, -0.1) is 0 Å². The van der Waals surface area contributed by atoms with Crippen LogP contribution in [0.5, 0.6) is 5.75 Å². The summed E-state index contributed by atoms with van der Waals surface area (Å²) in [7, 11) is 3.94. The number of rotatable bonds is 11. The van der Waals surface area contributed by atoms with Gasteiger partial charge in [-0.3, -0.25) is 14.7 Å². The van der Waals surface area contributed by atoms with E-state index in [0.29, 0.717) is 24.4 Å². The Bertz CT molecular complexity index is 1700. The Kier molecular flexibility index (Phi) is 11.2. The van der Waals surface area contributed by atoms with Crippen molar-refractivity contribution in [1.82, 2.24) is 19.7 Å². The lowest BCUT2D eigenvalue weighted by Gasteiger charge is -2.38. The molecule has 1 fully saturated rings. The Morgan fingerprint density at radius 2 is 1.62 bits per heavy atom. The molecule has 3 aromatic carbocycles. The second-order valence-corrected chi connectivity index (χ2v) is 12.6.